The first kappa shape index (κ1) is 18.8. The van der Waals surface area contributed by atoms with Crippen molar-refractivity contribution in [3.8, 4) is 11.4 Å². The lowest BCUT2D eigenvalue weighted by atomic mass is 10.1. The van der Waals surface area contributed by atoms with Gasteiger partial charge in [0.05, 0.1) is 5.69 Å². The lowest BCUT2D eigenvalue weighted by Crippen LogP contribution is -2.15. The Balaban J connectivity index is 1.69. The number of hydrogen-bond donors (Lipinski definition) is 1. The van der Waals surface area contributed by atoms with Crippen LogP contribution >= 0.6 is 11.6 Å². The van der Waals surface area contributed by atoms with Gasteiger partial charge in [0, 0.05) is 22.8 Å². The maximum atomic E-state index is 13.0. The summed E-state index contributed by atoms with van der Waals surface area (Å²) < 4.78 is 2.21. The highest BCUT2D eigenvalue weighted by Crippen LogP contribution is 2.28. The first-order valence-corrected chi connectivity index (χ1v) is 10.3. The number of carbonyl (C=O) groups excluding carboxylic acids is 1. The van der Waals surface area contributed by atoms with Crippen LogP contribution in [0.5, 0.6) is 0 Å². The van der Waals surface area contributed by atoms with Crippen molar-refractivity contribution >= 4 is 23.2 Å². The van der Waals surface area contributed by atoms with E-state index >= 15 is 0 Å². The van der Waals surface area contributed by atoms with Crippen LogP contribution in [0.15, 0.2) is 48.5 Å². The first-order chi connectivity index (χ1) is 13.7. The molecule has 0 spiro atoms. The second-order valence-corrected chi connectivity index (χ2v) is 7.64. The number of halogens is 1. The van der Waals surface area contributed by atoms with Gasteiger partial charge in [-0.2, -0.15) is 0 Å². The standard InChI is InChI=1S/C23H24ClN3O/c1-2-16-7-13-19(14-8-16)25-23(28)21-20-6-4-3-5-15-27(20)22(26-21)17-9-11-18(24)12-10-17/h7-14H,2-6,15H2,1H3,(H,25,28). The molecule has 1 aromatic heterocycles. The molecule has 2 aromatic carbocycles. The fourth-order valence-electron chi connectivity index (χ4n) is 3.74. The molecule has 0 atom stereocenters. The number of aromatic nitrogens is 2. The normalized spacial score (nSPS) is 13.6. The molecule has 1 aliphatic heterocycles. The minimum absolute atomic E-state index is 0.143. The number of carbonyl (C=O) groups is 1. The Morgan fingerprint density at radius 2 is 1.82 bits per heavy atom. The summed E-state index contributed by atoms with van der Waals surface area (Å²) in [7, 11) is 0. The van der Waals surface area contributed by atoms with E-state index in [-0.39, 0.29) is 5.91 Å². The third-order valence-electron chi connectivity index (χ3n) is 5.31. The molecule has 5 heteroatoms. The fourth-order valence-corrected chi connectivity index (χ4v) is 3.86. The Morgan fingerprint density at radius 3 is 2.54 bits per heavy atom. The predicted octanol–water partition coefficient (Wildman–Crippen LogP) is 5.74. The van der Waals surface area contributed by atoms with Gasteiger partial charge in [0.15, 0.2) is 0 Å². The van der Waals surface area contributed by atoms with E-state index < -0.39 is 0 Å². The number of nitrogens with one attached hydrogen (secondary N) is 1. The van der Waals surface area contributed by atoms with Gasteiger partial charge in [-0.1, -0.05) is 37.1 Å². The summed E-state index contributed by atoms with van der Waals surface area (Å²) in [4.78, 5) is 17.8. The zero-order valence-corrected chi connectivity index (χ0v) is 16.8. The van der Waals surface area contributed by atoms with Crippen LogP contribution in [0.3, 0.4) is 0 Å². The Hall–Kier alpha value is -2.59. The second-order valence-electron chi connectivity index (χ2n) is 7.20. The van der Waals surface area contributed by atoms with Crippen molar-refractivity contribution in [2.45, 2.75) is 45.6 Å². The van der Waals surface area contributed by atoms with Gasteiger partial charge in [0.1, 0.15) is 11.5 Å². The molecule has 0 radical (unpaired) electrons. The van der Waals surface area contributed by atoms with Crippen LogP contribution < -0.4 is 5.32 Å². The molecule has 0 saturated heterocycles. The predicted molar refractivity (Wildman–Crippen MR) is 114 cm³/mol. The van der Waals surface area contributed by atoms with E-state index in [1.807, 2.05) is 48.5 Å². The summed E-state index contributed by atoms with van der Waals surface area (Å²) in [6.07, 6.45) is 5.20. The number of rotatable bonds is 4. The molecule has 0 unspecified atom stereocenters. The highest BCUT2D eigenvalue weighted by Gasteiger charge is 2.24. The molecule has 4 nitrogen and oxygen atoms in total. The summed E-state index contributed by atoms with van der Waals surface area (Å²) in [5.41, 5.74) is 4.60. The molecule has 0 bridgehead atoms. The fraction of sp³-hybridized carbons (Fsp3) is 0.304. The van der Waals surface area contributed by atoms with Crippen LogP contribution in [0.1, 0.15) is 47.9 Å². The molecule has 28 heavy (non-hydrogen) atoms. The number of amides is 1. The van der Waals surface area contributed by atoms with E-state index in [1.54, 1.807) is 0 Å². The number of aryl methyl sites for hydroxylation is 1. The largest absolute Gasteiger partial charge is 0.327 e. The molecule has 1 aliphatic rings. The third kappa shape index (κ3) is 3.83. The number of imidazole rings is 1. The van der Waals surface area contributed by atoms with Crippen molar-refractivity contribution in [1.82, 2.24) is 9.55 Å². The van der Waals surface area contributed by atoms with Crippen molar-refractivity contribution < 1.29 is 4.79 Å². The van der Waals surface area contributed by atoms with E-state index in [2.05, 4.69) is 16.8 Å². The SMILES string of the molecule is CCc1ccc(NC(=O)c2nc(-c3ccc(Cl)cc3)n3c2CCCCC3)cc1. The van der Waals surface area contributed by atoms with Gasteiger partial charge in [-0.05, 0) is 67.6 Å². The van der Waals surface area contributed by atoms with E-state index in [0.29, 0.717) is 10.7 Å². The maximum absolute atomic E-state index is 13.0. The molecule has 1 N–H and O–H groups in total. The highest BCUT2D eigenvalue weighted by atomic mass is 35.5. The summed E-state index contributed by atoms with van der Waals surface area (Å²) in [5.74, 6) is 0.704. The summed E-state index contributed by atoms with van der Waals surface area (Å²) >= 11 is 6.04. The molecular weight excluding hydrogens is 370 g/mol. The van der Waals surface area contributed by atoms with E-state index in [1.165, 1.54) is 12.0 Å². The summed E-state index contributed by atoms with van der Waals surface area (Å²) in [6.45, 7) is 3.00. The van der Waals surface area contributed by atoms with Gasteiger partial charge in [0.2, 0.25) is 0 Å². The monoisotopic (exact) mass is 393 g/mol. The second kappa shape index (κ2) is 8.19. The van der Waals surface area contributed by atoms with Crippen LogP contribution in [-0.2, 0) is 19.4 Å². The van der Waals surface area contributed by atoms with Gasteiger partial charge in [-0.3, -0.25) is 4.79 Å². The molecule has 2 heterocycles. The topological polar surface area (TPSA) is 46.9 Å². The molecule has 0 saturated carbocycles. The van der Waals surface area contributed by atoms with Crippen molar-refractivity contribution in [1.29, 1.82) is 0 Å². The lowest BCUT2D eigenvalue weighted by molar-refractivity contribution is 0.102. The summed E-state index contributed by atoms with van der Waals surface area (Å²) in [5, 5.41) is 3.71. The Kier molecular flexibility index (Phi) is 5.49. The lowest BCUT2D eigenvalue weighted by Gasteiger charge is -2.09. The van der Waals surface area contributed by atoms with Crippen molar-refractivity contribution in [3.63, 3.8) is 0 Å². The van der Waals surface area contributed by atoms with Crippen LogP contribution in [0.4, 0.5) is 5.69 Å². The van der Waals surface area contributed by atoms with Crippen LogP contribution in [0.2, 0.25) is 5.02 Å². The highest BCUT2D eigenvalue weighted by molar-refractivity contribution is 6.30. The minimum Gasteiger partial charge on any atom is -0.327 e. The molecule has 0 fully saturated rings. The van der Waals surface area contributed by atoms with Gasteiger partial charge in [-0.15, -0.1) is 0 Å². The zero-order chi connectivity index (χ0) is 19.5. The number of hydrogen-bond acceptors (Lipinski definition) is 2. The first-order valence-electron chi connectivity index (χ1n) is 9.91. The minimum atomic E-state index is -0.143. The van der Waals surface area contributed by atoms with Gasteiger partial charge in [0.25, 0.3) is 5.91 Å². The van der Waals surface area contributed by atoms with E-state index in [9.17, 15) is 4.79 Å². The molecule has 1 amide bonds. The smallest absolute Gasteiger partial charge is 0.276 e. The van der Waals surface area contributed by atoms with Crippen molar-refractivity contribution in [3.05, 3.63) is 70.5 Å². The third-order valence-corrected chi connectivity index (χ3v) is 5.56. The number of fused-ring (bicyclic) bond motifs is 1. The molecule has 0 aliphatic carbocycles. The number of nitrogens with zero attached hydrogens (tertiary/aromatic N) is 2. The van der Waals surface area contributed by atoms with Gasteiger partial charge >= 0.3 is 0 Å². The van der Waals surface area contributed by atoms with Crippen molar-refractivity contribution in [2.75, 3.05) is 5.32 Å². The van der Waals surface area contributed by atoms with Crippen LogP contribution in [0, 0.1) is 0 Å². The summed E-state index contributed by atoms with van der Waals surface area (Å²) in [6, 6.07) is 15.7. The molecule has 4 rings (SSSR count). The average molecular weight is 394 g/mol. The van der Waals surface area contributed by atoms with E-state index in [0.717, 1.165) is 55.0 Å². The molecular formula is C23H24ClN3O. The molecule has 144 valence electrons. The quantitative estimate of drug-likeness (QED) is 0.613. The van der Waals surface area contributed by atoms with Crippen LogP contribution in [0.25, 0.3) is 11.4 Å². The van der Waals surface area contributed by atoms with Gasteiger partial charge in [-0.25, -0.2) is 4.98 Å². The Labute approximate surface area is 170 Å². The zero-order valence-electron chi connectivity index (χ0n) is 16.0. The number of anilines is 1. The van der Waals surface area contributed by atoms with Crippen molar-refractivity contribution in [2.24, 2.45) is 0 Å². The average Bonchev–Trinajstić information content (AvgIpc) is 2.90. The van der Waals surface area contributed by atoms with E-state index in [4.69, 9.17) is 16.6 Å². The van der Waals surface area contributed by atoms with Gasteiger partial charge < -0.3 is 9.88 Å². The van der Waals surface area contributed by atoms with Crippen LogP contribution in [-0.4, -0.2) is 15.5 Å². The Bertz CT molecular complexity index is 974. The maximum Gasteiger partial charge on any atom is 0.276 e. The molecule has 3 aromatic rings. The number of benzene rings is 2. The Morgan fingerprint density at radius 1 is 1.07 bits per heavy atom.